The van der Waals surface area contributed by atoms with E-state index in [0.717, 1.165) is 9.13 Å². The lowest BCUT2D eigenvalue weighted by molar-refractivity contribution is -0.149. The first-order valence-electron chi connectivity index (χ1n) is 5.75. The summed E-state index contributed by atoms with van der Waals surface area (Å²) < 4.78 is 11.6. The summed E-state index contributed by atoms with van der Waals surface area (Å²) in [6.45, 7) is 0. The predicted octanol–water partition coefficient (Wildman–Crippen LogP) is 3.58. The van der Waals surface area contributed by atoms with Crippen molar-refractivity contribution in [2.75, 3.05) is 7.11 Å². The summed E-state index contributed by atoms with van der Waals surface area (Å²) in [6, 6.07) is 16.8. The summed E-state index contributed by atoms with van der Waals surface area (Å²) in [5.41, 5.74) is 0.774. The van der Waals surface area contributed by atoms with Crippen LogP contribution in [0, 0.1) is 3.57 Å². The van der Waals surface area contributed by atoms with Gasteiger partial charge in [0.05, 0.1) is 7.11 Å². The number of methoxy groups -OCH3 is 1. The van der Waals surface area contributed by atoms with Crippen LogP contribution in [0.15, 0.2) is 54.6 Å². The molecule has 0 aromatic heterocycles. The van der Waals surface area contributed by atoms with Crippen LogP contribution in [0.2, 0.25) is 0 Å². The number of ether oxygens (including phenoxy) is 2. The maximum atomic E-state index is 11.9. The Bertz CT molecular complexity index is 537. The third-order valence-corrected chi connectivity index (χ3v) is 3.30. The van der Waals surface area contributed by atoms with Crippen LogP contribution in [-0.2, 0) is 9.53 Å². The van der Waals surface area contributed by atoms with Gasteiger partial charge in [-0.2, -0.15) is 0 Å². The zero-order chi connectivity index (χ0) is 13.7. The third kappa shape index (κ3) is 3.70. The highest BCUT2D eigenvalue weighted by Gasteiger charge is 2.23. The molecule has 3 nitrogen and oxygen atoms in total. The molecule has 1 unspecified atom stereocenters. The fourth-order valence-electron chi connectivity index (χ4n) is 1.63. The van der Waals surface area contributed by atoms with E-state index in [1.165, 1.54) is 7.11 Å². The zero-order valence-electron chi connectivity index (χ0n) is 10.4. The molecule has 0 saturated heterocycles. The largest absolute Gasteiger partial charge is 0.474 e. The van der Waals surface area contributed by atoms with Crippen molar-refractivity contribution in [2.45, 2.75) is 6.10 Å². The lowest BCUT2D eigenvalue weighted by atomic mass is 10.1. The number of halogens is 1. The van der Waals surface area contributed by atoms with Crippen molar-refractivity contribution >= 4 is 28.6 Å². The number of rotatable bonds is 4. The highest BCUT2D eigenvalue weighted by Crippen LogP contribution is 2.23. The lowest BCUT2D eigenvalue weighted by Gasteiger charge is -2.17. The van der Waals surface area contributed by atoms with Crippen molar-refractivity contribution in [1.29, 1.82) is 0 Å². The van der Waals surface area contributed by atoms with Gasteiger partial charge in [-0.1, -0.05) is 30.3 Å². The van der Waals surface area contributed by atoms with Gasteiger partial charge in [0.15, 0.2) is 0 Å². The van der Waals surface area contributed by atoms with Crippen LogP contribution in [0.25, 0.3) is 0 Å². The molecular formula is C15H13IO3. The Morgan fingerprint density at radius 3 is 2.26 bits per heavy atom. The van der Waals surface area contributed by atoms with Gasteiger partial charge in [0.1, 0.15) is 5.75 Å². The average molecular weight is 368 g/mol. The van der Waals surface area contributed by atoms with Crippen molar-refractivity contribution in [1.82, 2.24) is 0 Å². The molecule has 0 bridgehead atoms. The van der Waals surface area contributed by atoms with E-state index < -0.39 is 12.1 Å². The fraction of sp³-hybridized carbons (Fsp3) is 0.133. The Kier molecular flexibility index (Phi) is 4.79. The summed E-state index contributed by atoms with van der Waals surface area (Å²) in [6.07, 6.45) is -0.746. The summed E-state index contributed by atoms with van der Waals surface area (Å²) in [5.74, 6) is 0.224. The van der Waals surface area contributed by atoms with Crippen LogP contribution in [0.3, 0.4) is 0 Å². The third-order valence-electron chi connectivity index (χ3n) is 2.59. The standard InChI is InChI=1S/C15H13IO3/c1-18-15(17)14(11-7-9-12(16)10-8-11)19-13-5-3-2-4-6-13/h2-10,14H,1H3. The first-order chi connectivity index (χ1) is 9.20. The fourth-order valence-corrected chi connectivity index (χ4v) is 1.99. The van der Waals surface area contributed by atoms with Gasteiger partial charge in [-0.3, -0.25) is 0 Å². The molecule has 19 heavy (non-hydrogen) atoms. The second kappa shape index (κ2) is 6.56. The molecule has 98 valence electrons. The minimum Gasteiger partial charge on any atom is -0.474 e. The van der Waals surface area contributed by atoms with Crippen molar-refractivity contribution < 1.29 is 14.3 Å². The normalized spacial score (nSPS) is 11.7. The molecular weight excluding hydrogens is 355 g/mol. The Morgan fingerprint density at radius 2 is 1.68 bits per heavy atom. The van der Waals surface area contributed by atoms with Crippen molar-refractivity contribution in [2.24, 2.45) is 0 Å². The van der Waals surface area contributed by atoms with Gasteiger partial charge in [-0.05, 0) is 46.9 Å². The van der Waals surface area contributed by atoms with Crippen LogP contribution < -0.4 is 4.74 Å². The van der Waals surface area contributed by atoms with Gasteiger partial charge < -0.3 is 9.47 Å². The molecule has 0 radical (unpaired) electrons. The summed E-state index contributed by atoms with van der Waals surface area (Å²) in [4.78, 5) is 11.9. The average Bonchev–Trinajstić information content (AvgIpc) is 2.46. The van der Waals surface area contributed by atoms with Crippen molar-refractivity contribution in [3.8, 4) is 5.75 Å². The molecule has 0 spiro atoms. The molecule has 0 N–H and O–H groups in total. The quantitative estimate of drug-likeness (QED) is 0.611. The summed E-state index contributed by atoms with van der Waals surface area (Å²) in [5, 5.41) is 0. The number of para-hydroxylation sites is 1. The molecule has 0 aliphatic heterocycles. The predicted molar refractivity (Wildman–Crippen MR) is 81.0 cm³/mol. The van der Waals surface area contributed by atoms with E-state index >= 15 is 0 Å². The van der Waals surface area contributed by atoms with Gasteiger partial charge >= 0.3 is 5.97 Å². The van der Waals surface area contributed by atoms with Gasteiger partial charge in [0, 0.05) is 9.13 Å². The van der Waals surface area contributed by atoms with Crippen LogP contribution in [0.1, 0.15) is 11.7 Å². The number of hydrogen-bond donors (Lipinski definition) is 0. The molecule has 0 heterocycles. The van der Waals surface area contributed by atoms with E-state index in [0.29, 0.717) is 5.75 Å². The summed E-state index contributed by atoms with van der Waals surface area (Å²) in [7, 11) is 1.36. The molecule has 2 aromatic carbocycles. The van der Waals surface area contributed by atoms with E-state index in [1.54, 1.807) is 0 Å². The van der Waals surface area contributed by atoms with Gasteiger partial charge in [0.25, 0.3) is 0 Å². The molecule has 2 rings (SSSR count). The van der Waals surface area contributed by atoms with E-state index in [4.69, 9.17) is 9.47 Å². The Morgan fingerprint density at radius 1 is 1.05 bits per heavy atom. The van der Waals surface area contributed by atoms with Crippen molar-refractivity contribution in [3.63, 3.8) is 0 Å². The monoisotopic (exact) mass is 368 g/mol. The maximum Gasteiger partial charge on any atom is 0.351 e. The second-order valence-electron chi connectivity index (χ2n) is 3.89. The van der Waals surface area contributed by atoms with Gasteiger partial charge in [-0.15, -0.1) is 0 Å². The second-order valence-corrected chi connectivity index (χ2v) is 5.13. The number of carbonyl (C=O) groups excluding carboxylic acids is 1. The molecule has 1 atom stereocenters. The van der Waals surface area contributed by atoms with E-state index in [1.807, 2.05) is 54.6 Å². The Balaban J connectivity index is 2.26. The molecule has 0 fully saturated rings. The number of esters is 1. The molecule has 0 aliphatic carbocycles. The molecule has 2 aromatic rings. The van der Waals surface area contributed by atoms with Crippen LogP contribution in [0.4, 0.5) is 0 Å². The lowest BCUT2D eigenvalue weighted by Crippen LogP contribution is -2.20. The molecule has 0 saturated carbocycles. The number of benzene rings is 2. The van der Waals surface area contributed by atoms with Gasteiger partial charge in [0.2, 0.25) is 6.10 Å². The van der Waals surface area contributed by atoms with E-state index in [9.17, 15) is 4.79 Å². The minimum absolute atomic E-state index is 0.412. The van der Waals surface area contributed by atoms with E-state index in [-0.39, 0.29) is 0 Å². The number of hydrogen-bond acceptors (Lipinski definition) is 3. The van der Waals surface area contributed by atoms with Crippen LogP contribution >= 0.6 is 22.6 Å². The smallest absolute Gasteiger partial charge is 0.351 e. The van der Waals surface area contributed by atoms with Crippen LogP contribution in [0.5, 0.6) is 5.75 Å². The molecule has 4 heteroatoms. The maximum absolute atomic E-state index is 11.9. The highest BCUT2D eigenvalue weighted by atomic mass is 127. The molecule has 0 aliphatic rings. The van der Waals surface area contributed by atoms with Crippen molar-refractivity contribution in [3.05, 3.63) is 63.7 Å². The highest BCUT2D eigenvalue weighted by molar-refractivity contribution is 14.1. The minimum atomic E-state index is -0.746. The first-order valence-corrected chi connectivity index (χ1v) is 6.83. The number of carbonyl (C=O) groups is 1. The van der Waals surface area contributed by atoms with E-state index in [2.05, 4.69) is 22.6 Å². The summed E-state index contributed by atoms with van der Waals surface area (Å²) >= 11 is 2.21. The topological polar surface area (TPSA) is 35.5 Å². The first kappa shape index (κ1) is 13.9. The Hall–Kier alpha value is -1.56. The zero-order valence-corrected chi connectivity index (χ0v) is 12.5. The van der Waals surface area contributed by atoms with Crippen LogP contribution in [-0.4, -0.2) is 13.1 Å². The Labute approximate surface area is 125 Å². The van der Waals surface area contributed by atoms with Gasteiger partial charge in [-0.25, -0.2) is 4.79 Å². The molecule has 0 amide bonds. The SMILES string of the molecule is COC(=O)C(Oc1ccccc1)c1ccc(I)cc1.